The Hall–Kier alpha value is -6.68. The van der Waals surface area contributed by atoms with Gasteiger partial charge in [0.25, 0.3) is 47.3 Å². The van der Waals surface area contributed by atoms with Gasteiger partial charge >= 0.3 is 24.6 Å². The minimum Gasteiger partial charge on any atom is -0.430 e. The van der Waals surface area contributed by atoms with E-state index in [2.05, 4.69) is 19.4 Å². The molecular weight excluding hydrogens is 996 g/mol. The molecule has 0 aromatic carbocycles. The molecular formula is C41H56N4O28. The first-order valence-corrected chi connectivity index (χ1v) is 22.6. The molecule has 4 rings (SSSR count). The summed E-state index contributed by atoms with van der Waals surface area (Å²) in [6, 6.07) is 0. The van der Waals surface area contributed by atoms with E-state index in [0.29, 0.717) is 20.3 Å². The second kappa shape index (κ2) is 32.4. The normalized spacial score (nSPS) is 16.0. The number of hydrogen-bond acceptors (Lipinski definition) is 28. The summed E-state index contributed by atoms with van der Waals surface area (Å²) in [5, 5.41) is 1.35. The Morgan fingerprint density at radius 3 is 0.630 bits per heavy atom. The molecule has 32 heteroatoms. The van der Waals surface area contributed by atoms with Gasteiger partial charge in [-0.2, -0.15) is 0 Å². The van der Waals surface area contributed by atoms with Crippen LogP contribution >= 0.6 is 0 Å². The van der Waals surface area contributed by atoms with E-state index in [9.17, 15) is 57.5 Å². The van der Waals surface area contributed by atoms with Crippen LogP contribution in [0.1, 0.15) is 51.4 Å². The van der Waals surface area contributed by atoms with Gasteiger partial charge in [0.2, 0.25) is 0 Å². The van der Waals surface area contributed by atoms with E-state index in [1.165, 1.54) is 0 Å². The number of imide groups is 4. The third kappa shape index (κ3) is 21.9. The van der Waals surface area contributed by atoms with Crippen molar-refractivity contribution in [1.29, 1.82) is 0 Å². The Morgan fingerprint density at radius 2 is 0.438 bits per heavy atom. The van der Waals surface area contributed by atoms with Gasteiger partial charge in [0.1, 0.15) is 26.4 Å². The molecule has 0 unspecified atom stereocenters. The SMILES string of the molecule is O=C(OCCOCCOCC(COCCOCCOC(=O)ON1C(=O)CCC1=O)(COCCOCCOC(=O)ON1C(=O)CCC1=O)COCCOCCOC(=O)ON1C(=O)CCC1=O)ON1C(=O)CCC1=O. The fourth-order valence-corrected chi connectivity index (χ4v) is 6.06. The average Bonchev–Trinajstić information content (AvgIpc) is 4.07. The maximum absolute atomic E-state index is 11.9. The fraction of sp³-hybridized carbons (Fsp3) is 0.707. The molecule has 8 amide bonds. The van der Waals surface area contributed by atoms with Crippen LogP contribution in [0, 0.1) is 5.41 Å². The van der Waals surface area contributed by atoms with Crippen LogP contribution in [0.4, 0.5) is 19.2 Å². The highest BCUT2D eigenvalue weighted by atomic mass is 16.8. The quantitative estimate of drug-likeness (QED) is 0.0313. The van der Waals surface area contributed by atoms with Gasteiger partial charge in [-0.1, -0.05) is 20.3 Å². The summed E-state index contributed by atoms with van der Waals surface area (Å²) >= 11 is 0. The first-order valence-electron chi connectivity index (χ1n) is 22.6. The van der Waals surface area contributed by atoms with Crippen LogP contribution < -0.4 is 0 Å². The molecule has 0 atom stereocenters. The third-order valence-corrected chi connectivity index (χ3v) is 9.60. The zero-order chi connectivity index (χ0) is 52.9. The van der Waals surface area contributed by atoms with Crippen LogP contribution in [-0.4, -0.2) is 224 Å². The highest BCUT2D eigenvalue weighted by molar-refractivity contribution is 6.03. The lowest BCUT2D eigenvalue weighted by atomic mass is 9.92. The number of rotatable bonds is 36. The lowest BCUT2D eigenvalue weighted by Crippen LogP contribution is -2.43. The molecule has 4 aliphatic heterocycles. The number of carbonyl (C=O) groups excluding carboxylic acids is 12. The lowest BCUT2D eigenvalue weighted by Gasteiger charge is -2.33. The molecule has 4 aliphatic rings. The number of nitrogens with zero attached hydrogens (tertiary/aromatic N) is 4. The van der Waals surface area contributed by atoms with E-state index >= 15 is 0 Å². The summed E-state index contributed by atoms with van der Waals surface area (Å²) < 4.78 is 64.9. The van der Waals surface area contributed by atoms with Gasteiger partial charge in [-0.25, -0.2) is 19.2 Å². The van der Waals surface area contributed by atoms with Crippen LogP contribution in [0.15, 0.2) is 0 Å². The molecule has 0 aromatic heterocycles. The lowest BCUT2D eigenvalue weighted by molar-refractivity contribution is -0.178. The minimum absolute atomic E-state index is 0.00352. The second-order valence-electron chi connectivity index (χ2n) is 15.2. The van der Waals surface area contributed by atoms with Crippen LogP contribution in [0.3, 0.4) is 0 Å². The smallest absolute Gasteiger partial charge is 0.430 e. The highest BCUT2D eigenvalue weighted by Gasteiger charge is 2.37. The molecule has 0 aliphatic carbocycles. The van der Waals surface area contributed by atoms with Gasteiger partial charge in [0.15, 0.2) is 0 Å². The van der Waals surface area contributed by atoms with Crippen molar-refractivity contribution in [2.24, 2.45) is 5.41 Å². The summed E-state index contributed by atoms with van der Waals surface area (Å²) in [5.41, 5.74) is -1.07. The topological polar surface area (TPSA) is 365 Å². The molecule has 4 saturated heterocycles. The molecule has 0 spiro atoms. The average molecular weight is 1050 g/mol. The van der Waals surface area contributed by atoms with Crippen molar-refractivity contribution in [2.45, 2.75) is 51.4 Å². The largest absolute Gasteiger partial charge is 0.534 e. The van der Waals surface area contributed by atoms with E-state index in [4.69, 9.17) is 56.8 Å². The molecule has 0 N–H and O–H groups in total. The predicted molar refractivity (Wildman–Crippen MR) is 223 cm³/mol. The summed E-state index contributed by atoms with van der Waals surface area (Å²) in [5.74, 6) is -5.40. The van der Waals surface area contributed by atoms with Crippen LogP contribution in [-0.2, 0) is 115 Å². The van der Waals surface area contributed by atoms with Crippen molar-refractivity contribution in [3.8, 4) is 0 Å². The molecule has 4 heterocycles. The Bertz CT molecular complexity index is 1600. The van der Waals surface area contributed by atoms with Crippen molar-refractivity contribution in [3.63, 3.8) is 0 Å². The van der Waals surface area contributed by atoms with E-state index in [1.807, 2.05) is 0 Å². The predicted octanol–water partition coefficient (Wildman–Crippen LogP) is -1.03. The zero-order valence-corrected chi connectivity index (χ0v) is 39.5. The molecule has 0 radical (unpaired) electrons. The first kappa shape index (κ1) is 58.9. The van der Waals surface area contributed by atoms with Crippen molar-refractivity contribution in [3.05, 3.63) is 0 Å². The Labute approximate surface area is 414 Å². The first-order chi connectivity index (χ1) is 35.2. The van der Waals surface area contributed by atoms with Gasteiger partial charge in [0.05, 0.1) is 111 Å². The fourth-order valence-electron chi connectivity index (χ4n) is 6.06. The number of hydroxylamine groups is 8. The number of carbonyl (C=O) groups is 12. The van der Waals surface area contributed by atoms with Crippen molar-refractivity contribution in [1.82, 2.24) is 20.3 Å². The van der Waals surface area contributed by atoms with Gasteiger partial charge < -0.3 is 56.8 Å². The summed E-state index contributed by atoms with van der Waals surface area (Å²) in [6.07, 6.45) is -5.81. The molecule has 4 fully saturated rings. The monoisotopic (exact) mass is 1050 g/mol. The minimum atomic E-state index is -1.27. The van der Waals surface area contributed by atoms with E-state index in [0.717, 1.165) is 0 Å². The van der Waals surface area contributed by atoms with E-state index < -0.39 is 77.3 Å². The molecule has 32 nitrogen and oxygen atoms in total. The van der Waals surface area contributed by atoms with Gasteiger partial charge in [-0.3, -0.25) is 57.7 Å². The maximum atomic E-state index is 11.9. The van der Waals surface area contributed by atoms with Crippen molar-refractivity contribution < 1.29 is 134 Å². The number of hydrogen-bond donors (Lipinski definition) is 0. The van der Waals surface area contributed by atoms with Crippen LogP contribution in [0.25, 0.3) is 0 Å². The summed E-state index contributed by atoms with van der Waals surface area (Å²) in [7, 11) is 0. The maximum Gasteiger partial charge on any atom is 0.534 e. The molecule has 0 aromatic rings. The Balaban J connectivity index is 1.23. The van der Waals surface area contributed by atoms with Gasteiger partial charge in [-0.15, -0.1) is 0 Å². The van der Waals surface area contributed by atoms with Crippen LogP contribution in [0.2, 0.25) is 0 Å². The van der Waals surface area contributed by atoms with Crippen molar-refractivity contribution >= 4 is 71.9 Å². The van der Waals surface area contributed by atoms with Crippen LogP contribution in [0.5, 0.6) is 0 Å². The Morgan fingerprint density at radius 1 is 0.274 bits per heavy atom. The molecule has 73 heavy (non-hydrogen) atoms. The highest BCUT2D eigenvalue weighted by Crippen LogP contribution is 2.22. The third-order valence-electron chi connectivity index (χ3n) is 9.60. The van der Waals surface area contributed by atoms with Gasteiger partial charge in [-0.05, 0) is 0 Å². The molecule has 0 saturated carbocycles. The molecule has 408 valence electrons. The number of amides is 8. The zero-order valence-electron chi connectivity index (χ0n) is 39.5. The Kier molecular flexibility index (Phi) is 26.1. The molecule has 0 bridgehead atoms. The standard InChI is InChI=1S/C41H56N4O28/c46-29-1-2-30(47)42(29)70-37(54)66-21-17-58-9-13-62-25-41(26-63-14-10-59-18-22-67-38(55)71-43-31(48)3-4-32(43)49,27-64-15-11-60-19-23-68-39(56)72-44-33(50)5-6-34(44)51)28-65-16-12-61-20-24-69-40(57)73-45-35(52)7-8-36(45)53/h1-28H2. The van der Waals surface area contributed by atoms with E-state index in [-0.39, 0.29) is 184 Å². The van der Waals surface area contributed by atoms with E-state index in [1.54, 1.807) is 0 Å². The summed E-state index contributed by atoms with van der Waals surface area (Å²) in [6.45, 7) is -1.94. The number of ether oxygens (including phenoxy) is 12. The summed E-state index contributed by atoms with van der Waals surface area (Å²) in [4.78, 5) is 159. The van der Waals surface area contributed by atoms with Crippen molar-refractivity contribution in [2.75, 3.05) is 132 Å². The van der Waals surface area contributed by atoms with Gasteiger partial charge in [0, 0.05) is 51.4 Å². The second-order valence-corrected chi connectivity index (χ2v) is 15.2.